The van der Waals surface area contributed by atoms with Gasteiger partial charge >= 0.3 is 0 Å². The average molecular weight is 266 g/mol. The van der Waals surface area contributed by atoms with Crippen molar-refractivity contribution in [3.05, 3.63) is 35.9 Å². The fourth-order valence-electron chi connectivity index (χ4n) is 2.99. The summed E-state index contributed by atoms with van der Waals surface area (Å²) in [5.41, 5.74) is 1.45. The molecule has 100 valence electrons. The van der Waals surface area contributed by atoms with E-state index in [4.69, 9.17) is 11.6 Å². The van der Waals surface area contributed by atoms with Gasteiger partial charge in [-0.15, -0.1) is 11.6 Å². The summed E-state index contributed by atoms with van der Waals surface area (Å²) in [6.07, 6.45) is 8.00. The molecule has 2 rings (SSSR count). The Bertz CT molecular complexity index is 319. The largest absolute Gasteiger partial charge is 0.299 e. The molecular weight excluding hydrogens is 242 g/mol. The second-order valence-corrected chi connectivity index (χ2v) is 5.63. The molecule has 0 radical (unpaired) electrons. The van der Waals surface area contributed by atoms with Gasteiger partial charge in [0.1, 0.15) is 0 Å². The van der Waals surface area contributed by atoms with Crippen LogP contribution in [0, 0.1) is 0 Å². The van der Waals surface area contributed by atoms with Crippen molar-refractivity contribution in [3.63, 3.8) is 0 Å². The molecule has 1 aromatic rings. The molecule has 0 atom stereocenters. The van der Waals surface area contributed by atoms with E-state index < -0.39 is 0 Å². The van der Waals surface area contributed by atoms with E-state index in [1.807, 2.05) is 0 Å². The highest BCUT2D eigenvalue weighted by Crippen LogP contribution is 2.23. The van der Waals surface area contributed by atoms with Crippen molar-refractivity contribution in [3.8, 4) is 0 Å². The molecule has 1 aliphatic carbocycles. The maximum absolute atomic E-state index is 5.93. The highest BCUT2D eigenvalue weighted by atomic mass is 35.5. The first kappa shape index (κ1) is 13.9. The van der Waals surface area contributed by atoms with Crippen molar-refractivity contribution in [1.82, 2.24) is 4.90 Å². The highest BCUT2D eigenvalue weighted by molar-refractivity contribution is 6.18. The number of alkyl halides is 1. The Hall–Kier alpha value is -0.530. The molecule has 18 heavy (non-hydrogen) atoms. The molecule has 0 aromatic heterocycles. The highest BCUT2D eigenvalue weighted by Gasteiger charge is 2.21. The number of hydrogen-bond donors (Lipinski definition) is 0. The van der Waals surface area contributed by atoms with Crippen LogP contribution in [-0.2, 0) is 6.42 Å². The molecule has 0 saturated heterocycles. The first-order valence-electron chi connectivity index (χ1n) is 7.24. The zero-order valence-electron chi connectivity index (χ0n) is 11.2. The van der Waals surface area contributed by atoms with E-state index >= 15 is 0 Å². The number of hydrogen-bond acceptors (Lipinski definition) is 1. The molecule has 1 aliphatic rings. The van der Waals surface area contributed by atoms with E-state index in [9.17, 15) is 0 Å². The van der Waals surface area contributed by atoms with Gasteiger partial charge in [0.2, 0.25) is 0 Å². The number of aryl methyl sites for hydroxylation is 1. The zero-order valence-corrected chi connectivity index (χ0v) is 11.9. The fraction of sp³-hybridized carbons (Fsp3) is 0.625. The van der Waals surface area contributed by atoms with Gasteiger partial charge in [-0.1, -0.05) is 43.2 Å². The predicted octanol–water partition coefficient (Wildman–Crippen LogP) is 4.10. The van der Waals surface area contributed by atoms with Crippen LogP contribution in [0.4, 0.5) is 0 Å². The van der Waals surface area contributed by atoms with E-state index in [0.717, 1.165) is 18.5 Å². The van der Waals surface area contributed by atoms with Crippen molar-refractivity contribution < 1.29 is 0 Å². The predicted molar refractivity (Wildman–Crippen MR) is 79.3 cm³/mol. The second-order valence-electron chi connectivity index (χ2n) is 5.25. The van der Waals surface area contributed by atoms with Gasteiger partial charge in [-0.3, -0.25) is 4.90 Å². The molecule has 1 nitrogen and oxygen atoms in total. The Balaban J connectivity index is 1.75. The topological polar surface area (TPSA) is 3.24 Å². The fourth-order valence-corrected chi connectivity index (χ4v) is 3.20. The van der Waals surface area contributed by atoms with Crippen LogP contribution in [0.25, 0.3) is 0 Å². The van der Waals surface area contributed by atoms with E-state index in [2.05, 4.69) is 35.2 Å². The molecule has 0 heterocycles. The zero-order chi connectivity index (χ0) is 12.6. The summed E-state index contributed by atoms with van der Waals surface area (Å²) < 4.78 is 0. The molecule has 1 saturated carbocycles. The number of nitrogens with zero attached hydrogens (tertiary/aromatic N) is 1. The standard InChI is InChI=1S/C16H24ClN/c17-12-14-18(16-10-4-5-11-16)13-6-9-15-7-2-1-3-8-15/h1-3,7-8,16H,4-6,9-14H2. The smallest absolute Gasteiger partial charge is 0.0351 e. The second kappa shape index (κ2) is 7.81. The van der Waals surface area contributed by atoms with Gasteiger partial charge in [0.15, 0.2) is 0 Å². The van der Waals surface area contributed by atoms with Crippen LogP contribution < -0.4 is 0 Å². The summed E-state index contributed by atoms with van der Waals surface area (Å²) in [7, 11) is 0. The van der Waals surface area contributed by atoms with Crippen LogP contribution in [0.15, 0.2) is 30.3 Å². The molecule has 1 fully saturated rings. The van der Waals surface area contributed by atoms with Crippen LogP contribution in [0.3, 0.4) is 0 Å². The summed E-state index contributed by atoms with van der Waals surface area (Å²) in [4.78, 5) is 2.61. The van der Waals surface area contributed by atoms with Crippen LogP contribution >= 0.6 is 11.6 Å². The minimum atomic E-state index is 0.766. The van der Waals surface area contributed by atoms with E-state index in [1.165, 1.54) is 50.6 Å². The lowest BCUT2D eigenvalue weighted by atomic mass is 10.1. The molecule has 0 aliphatic heterocycles. The average Bonchev–Trinajstić information content (AvgIpc) is 2.93. The Morgan fingerprint density at radius 2 is 1.78 bits per heavy atom. The molecule has 0 bridgehead atoms. The first-order valence-corrected chi connectivity index (χ1v) is 7.77. The Morgan fingerprint density at radius 1 is 1.06 bits per heavy atom. The third-order valence-corrected chi connectivity index (χ3v) is 4.14. The lowest BCUT2D eigenvalue weighted by molar-refractivity contribution is 0.208. The van der Waals surface area contributed by atoms with Crippen LogP contribution in [0.1, 0.15) is 37.7 Å². The number of benzene rings is 1. The summed E-state index contributed by atoms with van der Waals surface area (Å²) in [5.74, 6) is 0.766. The van der Waals surface area contributed by atoms with Gasteiger partial charge in [-0.25, -0.2) is 0 Å². The summed E-state index contributed by atoms with van der Waals surface area (Å²) in [6.45, 7) is 2.26. The summed E-state index contributed by atoms with van der Waals surface area (Å²) in [6, 6.07) is 11.6. The summed E-state index contributed by atoms with van der Waals surface area (Å²) in [5, 5.41) is 0. The van der Waals surface area contributed by atoms with Crippen LogP contribution in [0.5, 0.6) is 0 Å². The Morgan fingerprint density at radius 3 is 2.44 bits per heavy atom. The molecule has 1 aromatic carbocycles. The van der Waals surface area contributed by atoms with Crippen LogP contribution in [0.2, 0.25) is 0 Å². The van der Waals surface area contributed by atoms with Crippen molar-refractivity contribution in [2.24, 2.45) is 0 Å². The monoisotopic (exact) mass is 265 g/mol. The Kier molecular flexibility index (Phi) is 6.02. The third kappa shape index (κ3) is 4.29. The van der Waals surface area contributed by atoms with Crippen LogP contribution in [-0.4, -0.2) is 29.9 Å². The van der Waals surface area contributed by atoms with Gasteiger partial charge in [-0.05, 0) is 37.8 Å². The van der Waals surface area contributed by atoms with Crippen molar-refractivity contribution >= 4 is 11.6 Å². The molecular formula is C16H24ClN. The van der Waals surface area contributed by atoms with E-state index in [0.29, 0.717) is 0 Å². The molecule has 2 heteroatoms. The first-order chi connectivity index (χ1) is 8.90. The molecule has 0 unspecified atom stereocenters. The molecule has 0 amide bonds. The summed E-state index contributed by atoms with van der Waals surface area (Å²) >= 11 is 5.93. The number of halogens is 1. The maximum Gasteiger partial charge on any atom is 0.0351 e. The lowest BCUT2D eigenvalue weighted by Crippen LogP contribution is -2.35. The quantitative estimate of drug-likeness (QED) is 0.671. The molecule has 0 spiro atoms. The normalized spacial score (nSPS) is 16.6. The minimum Gasteiger partial charge on any atom is -0.299 e. The lowest BCUT2D eigenvalue weighted by Gasteiger charge is -2.28. The molecule has 0 N–H and O–H groups in total. The minimum absolute atomic E-state index is 0.766. The van der Waals surface area contributed by atoms with E-state index in [-0.39, 0.29) is 0 Å². The Labute approximate surface area is 116 Å². The maximum atomic E-state index is 5.93. The van der Waals surface area contributed by atoms with Gasteiger partial charge in [0.05, 0.1) is 0 Å². The van der Waals surface area contributed by atoms with Gasteiger partial charge < -0.3 is 0 Å². The van der Waals surface area contributed by atoms with Crippen molar-refractivity contribution in [2.45, 2.75) is 44.6 Å². The number of rotatable bonds is 7. The van der Waals surface area contributed by atoms with Gasteiger partial charge in [0, 0.05) is 18.5 Å². The van der Waals surface area contributed by atoms with Crippen molar-refractivity contribution in [2.75, 3.05) is 19.0 Å². The van der Waals surface area contributed by atoms with Gasteiger partial charge in [0.25, 0.3) is 0 Å². The van der Waals surface area contributed by atoms with Gasteiger partial charge in [-0.2, -0.15) is 0 Å². The van der Waals surface area contributed by atoms with Crippen molar-refractivity contribution in [1.29, 1.82) is 0 Å². The third-order valence-electron chi connectivity index (χ3n) is 3.97. The SMILES string of the molecule is ClCCN(CCCc1ccccc1)C1CCCC1. The van der Waals surface area contributed by atoms with E-state index in [1.54, 1.807) is 0 Å².